The highest BCUT2D eigenvalue weighted by atomic mass is 32.2. The third kappa shape index (κ3) is 4.99. The van der Waals surface area contributed by atoms with E-state index in [0.29, 0.717) is 31.1 Å². The second-order valence-corrected chi connectivity index (χ2v) is 9.16. The number of aliphatic hydroxyl groups excluding tert-OH is 1. The molecular formula is C22H31N5O4S. The van der Waals surface area contributed by atoms with Crippen molar-refractivity contribution in [2.24, 2.45) is 4.99 Å². The van der Waals surface area contributed by atoms with Crippen LogP contribution in [0, 0.1) is 0 Å². The number of methoxy groups -OCH3 is 1. The van der Waals surface area contributed by atoms with E-state index in [9.17, 15) is 5.11 Å². The summed E-state index contributed by atoms with van der Waals surface area (Å²) >= 11 is 1.72. The number of aliphatic imine (C=N–C) groups is 1. The molecule has 1 aromatic carbocycles. The number of benzene rings is 1. The van der Waals surface area contributed by atoms with Gasteiger partial charge in [-0.2, -0.15) is 4.98 Å². The van der Waals surface area contributed by atoms with Crippen molar-refractivity contribution >= 4 is 16.8 Å². The smallest absolute Gasteiger partial charge is 0.228 e. The Bertz CT molecular complexity index is 909. The maximum atomic E-state index is 9.96. The molecule has 0 amide bonds. The van der Waals surface area contributed by atoms with Crippen LogP contribution in [0.4, 0.5) is 0 Å². The maximum absolute atomic E-state index is 9.96. The zero-order valence-electron chi connectivity index (χ0n) is 18.7. The number of thioether (sulfide) groups is 1. The highest BCUT2D eigenvalue weighted by Crippen LogP contribution is 2.39. The van der Waals surface area contributed by atoms with Gasteiger partial charge in [-0.3, -0.25) is 0 Å². The van der Waals surface area contributed by atoms with E-state index in [-0.39, 0.29) is 18.7 Å². The summed E-state index contributed by atoms with van der Waals surface area (Å²) in [4.78, 5) is 11.6. The first-order chi connectivity index (χ1) is 15.5. The lowest BCUT2D eigenvalue weighted by atomic mass is 9.98. The molecule has 2 N–H and O–H groups in total. The number of hydrogen-bond donors (Lipinski definition) is 2. The Balaban J connectivity index is 1.68. The summed E-state index contributed by atoms with van der Waals surface area (Å²) in [5, 5.41) is 18.7. The monoisotopic (exact) mass is 461 g/mol. The van der Waals surface area contributed by atoms with Crippen molar-refractivity contribution in [2.75, 3.05) is 32.6 Å². The number of aromatic nitrogens is 2. The molecule has 2 aliphatic heterocycles. The molecule has 2 aliphatic rings. The third-order valence-electron chi connectivity index (χ3n) is 5.79. The minimum absolute atomic E-state index is 0.0329. The number of nitrogens with zero attached hydrogens (tertiary/aromatic N) is 4. The van der Waals surface area contributed by atoms with Crippen molar-refractivity contribution in [3.63, 3.8) is 0 Å². The van der Waals surface area contributed by atoms with Crippen molar-refractivity contribution in [1.29, 1.82) is 0 Å². The first kappa shape index (κ1) is 23.2. The van der Waals surface area contributed by atoms with Crippen molar-refractivity contribution in [1.82, 2.24) is 20.4 Å². The quantitative estimate of drug-likeness (QED) is 0.582. The molecule has 1 aromatic heterocycles. The second kappa shape index (κ2) is 10.3. The van der Waals surface area contributed by atoms with Crippen LogP contribution < -0.4 is 10.1 Å². The van der Waals surface area contributed by atoms with Crippen LogP contribution in [0.3, 0.4) is 0 Å². The molecule has 1 fully saturated rings. The van der Waals surface area contributed by atoms with E-state index in [1.54, 1.807) is 25.8 Å². The highest BCUT2D eigenvalue weighted by molar-refractivity contribution is 8.14. The summed E-state index contributed by atoms with van der Waals surface area (Å²) in [6.45, 7) is 5.39. The zero-order valence-corrected chi connectivity index (χ0v) is 19.5. The van der Waals surface area contributed by atoms with Crippen molar-refractivity contribution in [3.8, 4) is 5.75 Å². The van der Waals surface area contributed by atoms with Crippen LogP contribution in [0.1, 0.15) is 37.7 Å². The molecule has 4 rings (SSSR count). The van der Waals surface area contributed by atoms with E-state index in [1.807, 2.05) is 18.2 Å². The fourth-order valence-electron chi connectivity index (χ4n) is 4.24. The number of hydrogen-bond acceptors (Lipinski definition) is 10. The minimum atomic E-state index is -0.857. The topological polar surface area (TPSA) is 105 Å². The highest BCUT2D eigenvalue weighted by Gasteiger charge is 2.48. The molecule has 4 unspecified atom stereocenters. The lowest BCUT2D eigenvalue weighted by molar-refractivity contribution is -0.172. The van der Waals surface area contributed by atoms with Gasteiger partial charge >= 0.3 is 0 Å². The van der Waals surface area contributed by atoms with E-state index in [0.717, 1.165) is 22.8 Å². The van der Waals surface area contributed by atoms with Crippen molar-refractivity contribution in [3.05, 3.63) is 42.0 Å². The molecule has 0 radical (unpaired) electrons. The molecule has 0 spiro atoms. The van der Waals surface area contributed by atoms with Crippen LogP contribution in [0.5, 0.6) is 5.75 Å². The Hall–Kier alpha value is -1.98. The van der Waals surface area contributed by atoms with Crippen LogP contribution in [0.25, 0.3) is 0 Å². The Labute approximate surface area is 192 Å². The van der Waals surface area contributed by atoms with Gasteiger partial charge in [0.25, 0.3) is 0 Å². The number of para-hydroxylation sites is 1. The largest absolute Gasteiger partial charge is 0.496 e. The van der Waals surface area contributed by atoms with Crippen molar-refractivity contribution < 1.29 is 19.1 Å². The van der Waals surface area contributed by atoms with E-state index in [1.165, 1.54) is 6.39 Å². The molecular weight excluding hydrogens is 430 g/mol. The third-order valence-corrected chi connectivity index (χ3v) is 7.03. The lowest BCUT2D eigenvalue weighted by Gasteiger charge is -2.48. The molecule has 0 bridgehead atoms. The Morgan fingerprint density at radius 1 is 1.41 bits per heavy atom. The summed E-state index contributed by atoms with van der Waals surface area (Å²) in [6, 6.07) is 8.13. The van der Waals surface area contributed by atoms with Gasteiger partial charge in [0.05, 0.1) is 30.6 Å². The van der Waals surface area contributed by atoms with Gasteiger partial charge in [0.2, 0.25) is 12.2 Å². The molecule has 0 saturated carbocycles. The summed E-state index contributed by atoms with van der Waals surface area (Å²) in [5.74, 6) is 1.31. The lowest BCUT2D eigenvalue weighted by Crippen LogP contribution is -2.63. The van der Waals surface area contributed by atoms with Gasteiger partial charge in [-0.05, 0) is 19.4 Å². The van der Waals surface area contributed by atoms with Gasteiger partial charge in [-0.15, -0.1) is 11.8 Å². The number of nitrogens with one attached hydrogen (secondary N) is 1. The van der Waals surface area contributed by atoms with Crippen LogP contribution >= 0.6 is 11.8 Å². The summed E-state index contributed by atoms with van der Waals surface area (Å²) < 4.78 is 16.9. The molecule has 32 heavy (non-hydrogen) atoms. The average molecular weight is 462 g/mol. The molecule has 10 heteroatoms. The molecule has 174 valence electrons. The van der Waals surface area contributed by atoms with Gasteiger partial charge < -0.3 is 24.4 Å². The molecule has 0 aliphatic carbocycles. The fourth-order valence-corrected chi connectivity index (χ4v) is 5.32. The standard InChI is InChI=1S/C22H31N5O4S/c1-4-21-25-22(13-32-21,30-12-15(2)28)27-11-18(17-7-5-6-8-19(17)29-3)23-10-16(27)9-20-24-14-31-26-20/h5-8,14-16,18,23,28H,4,9-13H2,1-3H3. The summed E-state index contributed by atoms with van der Waals surface area (Å²) in [6.07, 6.45) is 2.22. The molecule has 4 atom stereocenters. The summed E-state index contributed by atoms with van der Waals surface area (Å²) in [7, 11) is 1.69. The van der Waals surface area contributed by atoms with E-state index < -0.39 is 12.0 Å². The van der Waals surface area contributed by atoms with E-state index in [2.05, 4.69) is 33.3 Å². The molecule has 9 nitrogen and oxygen atoms in total. The summed E-state index contributed by atoms with van der Waals surface area (Å²) in [5.41, 5.74) is 1.09. The maximum Gasteiger partial charge on any atom is 0.228 e. The second-order valence-electron chi connectivity index (χ2n) is 8.11. The van der Waals surface area contributed by atoms with Gasteiger partial charge in [-0.1, -0.05) is 30.3 Å². The SMILES string of the molecule is CCC1=NC(OCC(C)O)(N2CC(c3ccccc3OC)NCC2Cc2ncon2)CS1. The zero-order chi connectivity index (χ0) is 22.6. The number of ether oxygens (including phenoxy) is 2. The molecule has 3 heterocycles. The number of aliphatic hydroxyl groups is 1. The first-order valence-electron chi connectivity index (χ1n) is 11.0. The number of piperazine rings is 1. The molecule has 1 saturated heterocycles. The van der Waals surface area contributed by atoms with E-state index >= 15 is 0 Å². The predicted molar refractivity (Wildman–Crippen MR) is 123 cm³/mol. The number of rotatable bonds is 9. The minimum Gasteiger partial charge on any atom is -0.496 e. The Kier molecular flexibility index (Phi) is 7.47. The van der Waals surface area contributed by atoms with Gasteiger partial charge in [0.1, 0.15) is 5.75 Å². The van der Waals surface area contributed by atoms with Crippen LogP contribution in [0.2, 0.25) is 0 Å². The van der Waals surface area contributed by atoms with E-state index in [4.69, 9.17) is 19.0 Å². The van der Waals surface area contributed by atoms with Gasteiger partial charge in [0.15, 0.2) is 5.82 Å². The Morgan fingerprint density at radius 2 is 2.25 bits per heavy atom. The normalized spacial score (nSPS) is 27.3. The van der Waals surface area contributed by atoms with Crippen LogP contribution in [-0.2, 0) is 11.2 Å². The van der Waals surface area contributed by atoms with Crippen molar-refractivity contribution in [2.45, 2.75) is 50.7 Å². The fraction of sp³-hybridized carbons (Fsp3) is 0.591. The van der Waals surface area contributed by atoms with Gasteiger partial charge in [0, 0.05) is 37.2 Å². The molecule has 2 aromatic rings. The first-order valence-corrected chi connectivity index (χ1v) is 11.9. The van der Waals surface area contributed by atoms with Crippen LogP contribution in [-0.4, -0.2) is 75.7 Å². The average Bonchev–Trinajstić information content (AvgIpc) is 3.48. The van der Waals surface area contributed by atoms with Crippen LogP contribution in [0.15, 0.2) is 40.2 Å². The Morgan fingerprint density at radius 3 is 2.94 bits per heavy atom. The van der Waals surface area contributed by atoms with Gasteiger partial charge in [-0.25, -0.2) is 9.89 Å². The predicted octanol–water partition coefficient (Wildman–Crippen LogP) is 2.24.